The molecular weight excluding hydrogens is 288 g/mol. The van der Waals surface area contributed by atoms with Crippen molar-refractivity contribution in [3.63, 3.8) is 0 Å². The van der Waals surface area contributed by atoms with Gasteiger partial charge in [0.25, 0.3) is 0 Å². The van der Waals surface area contributed by atoms with Crippen molar-refractivity contribution in [2.24, 2.45) is 5.92 Å². The fourth-order valence-corrected chi connectivity index (χ4v) is 4.25. The molecule has 0 radical (unpaired) electrons. The molecule has 0 spiro atoms. The Labute approximate surface area is 136 Å². The highest BCUT2D eigenvalue weighted by molar-refractivity contribution is 6.33. The van der Waals surface area contributed by atoms with E-state index in [9.17, 15) is 0 Å². The van der Waals surface area contributed by atoms with Crippen LogP contribution in [0.5, 0.6) is 0 Å². The van der Waals surface area contributed by atoms with Crippen molar-refractivity contribution in [3.8, 4) is 0 Å². The zero-order chi connectivity index (χ0) is 15.3. The Morgan fingerprint density at radius 2 is 2.14 bits per heavy atom. The van der Waals surface area contributed by atoms with Gasteiger partial charge in [0.2, 0.25) is 0 Å². The van der Waals surface area contributed by atoms with E-state index in [2.05, 4.69) is 62.1 Å². The van der Waals surface area contributed by atoms with Gasteiger partial charge in [-0.2, -0.15) is 0 Å². The van der Waals surface area contributed by atoms with Crippen LogP contribution in [0.3, 0.4) is 0 Å². The lowest BCUT2D eigenvalue weighted by Gasteiger charge is -2.29. The topological polar surface area (TPSA) is 0 Å². The molecule has 0 bridgehead atoms. The third kappa shape index (κ3) is 1.71. The normalized spacial score (nSPS) is 25.0. The molecule has 2 unspecified atom stereocenters. The maximum atomic E-state index is 6.59. The molecule has 0 heterocycles. The first-order valence-corrected chi connectivity index (χ1v) is 8.02. The molecule has 108 valence electrons. The minimum absolute atomic E-state index is 0.384. The molecule has 0 saturated carbocycles. The molecule has 0 saturated heterocycles. The smallest absolute Gasteiger partial charge is 0.0484 e. The maximum absolute atomic E-state index is 6.59. The number of hydrogen-bond donors (Lipinski definition) is 0. The fourth-order valence-electron chi connectivity index (χ4n) is 3.97. The fraction of sp³-hybridized carbons (Fsp3) is 0.143. The summed E-state index contributed by atoms with van der Waals surface area (Å²) in [6.07, 6.45) is 15.2. The first kappa shape index (κ1) is 13.6. The first-order chi connectivity index (χ1) is 10.8. The molecule has 3 aliphatic carbocycles. The van der Waals surface area contributed by atoms with Crippen LogP contribution in [0.25, 0.3) is 5.57 Å². The van der Waals surface area contributed by atoms with Crippen LogP contribution in [0, 0.1) is 5.92 Å². The minimum Gasteiger partial charge on any atom is -0.0984 e. The Hall–Kier alpha value is -2.05. The van der Waals surface area contributed by atoms with Crippen LogP contribution in [0.1, 0.15) is 24.0 Å². The molecule has 0 fully saturated rings. The average molecular weight is 305 g/mol. The van der Waals surface area contributed by atoms with Gasteiger partial charge in [0.1, 0.15) is 0 Å². The third-order valence-electron chi connectivity index (χ3n) is 4.79. The molecular formula is C21H17Cl. The zero-order valence-corrected chi connectivity index (χ0v) is 13.3. The van der Waals surface area contributed by atoms with Gasteiger partial charge in [-0.05, 0) is 40.8 Å². The van der Waals surface area contributed by atoms with E-state index in [-0.39, 0.29) is 0 Å². The average Bonchev–Trinajstić information content (AvgIpc) is 2.88. The molecule has 2 atom stereocenters. The molecule has 0 aliphatic heterocycles. The maximum Gasteiger partial charge on any atom is 0.0484 e. The van der Waals surface area contributed by atoms with Crippen molar-refractivity contribution >= 4 is 17.2 Å². The van der Waals surface area contributed by atoms with Crippen LogP contribution in [-0.4, -0.2) is 0 Å². The van der Waals surface area contributed by atoms with Crippen LogP contribution in [-0.2, 0) is 0 Å². The first-order valence-electron chi connectivity index (χ1n) is 7.64. The van der Waals surface area contributed by atoms with Gasteiger partial charge in [0.15, 0.2) is 0 Å². The molecule has 0 aromatic heterocycles. The standard InChI is InChI=1S/C21H17Cl/c1-3-7-15-13(4-2)12-14-8-5-9-16-17-10-6-11-18(22)20(17)21(15)19(14)16/h3-12,16,19H,2H2,1H3/b7-3-. The number of allylic oxidation sites excluding steroid dienone is 11. The van der Waals surface area contributed by atoms with Crippen molar-refractivity contribution < 1.29 is 0 Å². The van der Waals surface area contributed by atoms with E-state index in [1.807, 2.05) is 12.1 Å². The van der Waals surface area contributed by atoms with Gasteiger partial charge in [-0.3, -0.25) is 0 Å². The summed E-state index contributed by atoms with van der Waals surface area (Å²) in [5, 5.41) is 0.849. The SMILES string of the molecule is C=CC1=CC2=CC=CC3c4cccc(Cl)c4C(=C1/C=C\C)C23. The lowest BCUT2D eigenvalue weighted by molar-refractivity contribution is 0.718. The summed E-state index contributed by atoms with van der Waals surface area (Å²) in [6, 6.07) is 6.27. The van der Waals surface area contributed by atoms with Crippen molar-refractivity contribution in [1.29, 1.82) is 0 Å². The second-order valence-corrected chi connectivity index (χ2v) is 6.30. The van der Waals surface area contributed by atoms with Crippen LogP contribution >= 0.6 is 11.6 Å². The van der Waals surface area contributed by atoms with E-state index < -0.39 is 0 Å². The molecule has 0 N–H and O–H groups in total. The van der Waals surface area contributed by atoms with Gasteiger partial charge in [0, 0.05) is 22.4 Å². The Morgan fingerprint density at radius 3 is 2.91 bits per heavy atom. The van der Waals surface area contributed by atoms with Crippen molar-refractivity contribution in [2.45, 2.75) is 12.8 Å². The molecule has 4 rings (SSSR count). The number of benzene rings is 1. The molecule has 0 amide bonds. The Balaban J connectivity index is 2.12. The molecule has 1 heteroatoms. The highest BCUT2D eigenvalue weighted by atomic mass is 35.5. The monoisotopic (exact) mass is 304 g/mol. The number of halogens is 1. The summed E-state index contributed by atoms with van der Waals surface area (Å²) in [7, 11) is 0. The number of fused-ring (bicyclic) bond motifs is 3. The summed E-state index contributed by atoms with van der Waals surface area (Å²) in [5.41, 5.74) is 7.71. The predicted octanol–water partition coefficient (Wildman–Crippen LogP) is 6.01. The second-order valence-electron chi connectivity index (χ2n) is 5.89. The van der Waals surface area contributed by atoms with Crippen molar-refractivity contribution in [1.82, 2.24) is 0 Å². The second kappa shape index (κ2) is 5.00. The number of rotatable bonds is 2. The van der Waals surface area contributed by atoms with Gasteiger partial charge >= 0.3 is 0 Å². The van der Waals surface area contributed by atoms with Gasteiger partial charge < -0.3 is 0 Å². The summed E-state index contributed by atoms with van der Waals surface area (Å²) in [5.74, 6) is 0.779. The lowest BCUT2D eigenvalue weighted by atomic mass is 9.74. The Morgan fingerprint density at radius 1 is 1.27 bits per heavy atom. The van der Waals surface area contributed by atoms with Gasteiger partial charge in [-0.15, -0.1) is 0 Å². The van der Waals surface area contributed by atoms with E-state index >= 15 is 0 Å². The quantitative estimate of drug-likeness (QED) is 0.628. The Kier molecular flexibility index (Phi) is 3.09. The molecule has 3 aliphatic rings. The summed E-state index contributed by atoms with van der Waals surface area (Å²) < 4.78 is 0. The summed E-state index contributed by atoms with van der Waals surface area (Å²) in [6.45, 7) is 6.06. The minimum atomic E-state index is 0.384. The highest BCUT2D eigenvalue weighted by Crippen LogP contribution is 2.57. The van der Waals surface area contributed by atoms with Gasteiger partial charge in [0.05, 0.1) is 0 Å². The van der Waals surface area contributed by atoms with E-state index in [0.29, 0.717) is 11.8 Å². The number of hydrogen-bond acceptors (Lipinski definition) is 0. The van der Waals surface area contributed by atoms with Crippen LogP contribution < -0.4 is 0 Å². The highest BCUT2D eigenvalue weighted by Gasteiger charge is 2.42. The summed E-state index contributed by atoms with van der Waals surface area (Å²) in [4.78, 5) is 0. The van der Waals surface area contributed by atoms with Crippen molar-refractivity contribution in [3.05, 3.63) is 100 Å². The van der Waals surface area contributed by atoms with E-state index in [4.69, 9.17) is 11.6 Å². The van der Waals surface area contributed by atoms with Gasteiger partial charge in [-0.25, -0.2) is 0 Å². The molecule has 22 heavy (non-hydrogen) atoms. The third-order valence-corrected chi connectivity index (χ3v) is 5.10. The van der Waals surface area contributed by atoms with Crippen LogP contribution in [0.2, 0.25) is 5.02 Å². The lowest BCUT2D eigenvalue weighted by Crippen LogP contribution is -2.15. The van der Waals surface area contributed by atoms with Crippen LogP contribution in [0.15, 0.2) is 84.0 Å². The largest absolute Gasteiger partial charge is 0.0984 e. The Bertz CT molecular complexity index is 827. The molecule has 0 nitrogen and oxygen atoms in total. The van der Waals surface area contributed by atoms with E-state index in [0.717, 1.165) is 5.02 Å². The molecule has 1 aromatic rings. The molecule has 1 aromatic carbocycles. The van der Waals surface area contributed by atoms with E-state index in [1.54, 1.807) is 0 Å². The zero-order valence-electron chi connectivity index (χ0n) is 12.5. The van der Waals surface area contributed by atoms with Gasteiger partial charge in [-0.1, -0.05) is 72.8 Å². The van der Waals surface area contributed by atoms with Crippen molar-refractivity contribution in [2.75, 3.05) is 0 Å². The summed E-state index contributed by atoms with van der Waals surface area (Å²) >= 11 is 6.59. The van der Waals surface area contributed by atoms with E-state index in [1.165, 1.54) is 33.4 Å². The predicted molar refractivity (Wildman–Crippen MR) is 94.9 cm³/mol. The van der Waals surface area contributed by atoms with Crippen LogP contribution in [0.4, 0.5) is 0 Å².